The van der Waals surface area contributed by atoms with E-state index in [0.717, 1.165) is 23.9 Å². The minimum absolute atomic E-state index is 0.277. The Morgan fingerprint density at radius 3 is 2.50 bits per heavy atom. The summed E-state index contributed by atoms with van der Waals surface area (Å²) in [6.07, 6.45) is -4.71. The normalized spacial score (nSPS) is 11.5. The van der Waals surface area contributed by atoms with Gasteiger partial charge in [0.25, 0.3) is 0 Å². The highest BCUT2D eigenvalue weighted by atomic mass is 35.5. The van der Waals surface area contributed by atoms with Crippen molar-refractivity contribution in [2.24, 2.45) is 0 Å². The van der Waals surface area contributed by atoms with Gasteiger partial charge in [-0.05, 0) is 35.9 Å². The quantitative estimate of drug-likeness (QED) is 0.833. The molecule has 0 unspecified atom stereocenters. The van der Waals surface area contributed by atoms with E-state index in [1.165, 1.54) is 12.1 Å². The number of benzene rings is 2. The van der Waals surface area contributed by atoms with Crippen LogP contribution in [0.4, 0.5) is 13.2 Å². The van der Waals surface area contributed by atoms with Crippen LogP contribution in [0, 0.1) is 0 Å². The van der Waals surface area contributed by atoms with Crippen molar-refractivity contribution in [2.45, 2.75) is 22.4 Å². The Hall–Kier alpha value is -1.66. The number of alkyl halides is 3. The monoisotopic (exact) mass is 346 g/mol. The summed E-state index contributed by atoms with van der Waals surface area (Å²) in [5, 5.41) is 9.19. The molecule has 0 amide bonds. The van der Waals surface area contributed by atoms with Crippen LogP contribution in [0.3, 0.4) is 0 Å². The fourth-order valence-corrected chi connectivity index (χ4v) is 3.16. The van der Waals surface area contributed by atoms with E-state index in [2.05, 4.69) is 0 Å². The van der Waals surface area contributed by atoms with Crippen LogP contribution < -0.4 is 0 Å². The van der Waals surface area contributed by atoms with E-state index >= 15 is 0 Å². The standard InChI is InChI=1S/C15H10ClF3O2S/c16-12-5-2-6-13(11(12)8-14(20)21)22-10-4-1-3-9(7-10)15(17,18)19/h1-7H,8H2,(H,20,21). The minimum atomic E-state index is -4.42. The fraction of sp³-hybridized carbons (Fsp3) is 0.133. The van der Waals surface area contributed by atoms with Crippen molar-refractivity contribution in [3.8, 4) is 0 Å². The van der Waals surface area contributed by atoms with Crippen molar-refractivity contribution in [2.75, 3.05) is 0 Å². The number of aliphatic carboxylic acids is 1. The average Bonchev–Trinajstić information content (AvgIpc) is 2.42. The second-order valence-electron chi connectivity index (χ2n) is 4.41. The van der Waals surface area contributed by atoms with Gasteiger partial charge in [0.05, 0.1) is 12.0 Å². The number of carbonyl (C=O) groups is 1. The summed E-state index contributed by atoms with van der Waals surface area (Å²) in [4.78, 5) is 11.8. The molecule has 7 heteroatoms. The topological polar surface area (TPSA) is 37.3 Å². The highest BCUT2D eigenvalue weighted by molar-refractivity contribution is 7.99. The van der Waals surface area contributed by atoms with Gasteiger partial charge in [0.2, 0.25) is 0 Å². The average molecular weight is 347 g/mol. The third kappa shape index (κ3) is 4.18. The van der Waals surface area contributed by atoms with Gasteiger partial charge in [-0.15, -0.1) is 0 Å². The lowest BCUT2D eigenvalue weighted by Gasteiger charge is -2.11. The third-order valence-electron chi connectivity index (χ3n) is 2.79. The molecule has 0 aliphatic rings. The molecule has 1 N–H and O–H groups in total. The van der Waals surface area contributed by atoms with E-state index in [1.54, 1.807) is 18.2 Å². The number of carboxylic acids is 1. The lowest BCUT2D eigenvalue weighted by Crippen LogP contribution is -2.04. The third-order valence-corrected chi connectivity index (χ3v) is 4.24. The highest BCUT2D eigenvalue weighted by Crippen LogP contribution is 2.37. The van der Waals surface area contributed by atoms with Crippen molar-refractivity contribution in [3.05, 3.63) is 58.6 Å². The van der Waals surface area contributed by atoms with Crippen molar-refractivity contribution < 1.29 is 23.1 Å². The van der Waals surface area contributed by atoms with Crippen LogP contribution in [0.2, 0.25) is 5.02 Å². The molecule has 2 aromatic carbocycles. The first kappa shape index (κ1) is 16.7. The molecule has 0 saturated carbocycles. The van der Waals surface area contributed by atoms with E-state index in [4.69, 9.17) is 16.7 Å². The molecule has 0 saturated heterocycles. The first-order valence-corrected chi connectivity index (χ1v) is 7.31. The Kier molecular flexibility index (Phi) is 5.03. The lowest BCUT2D eigenvalue weighted by molar-refractivity contribution is -0.138. The molecule has 0 aliphatic carbocycles. The number of carboxylic acid groups (broad SMARTS) is 1. The second kappa shape index (κ2) is 6.62. The molecule has 0 radical (unpaired) electrons. The minimum Gasteiger partial charge on any atom is -0.481 e. The SMILES string of the molecule is O=C(O)Cc1c(Cl)cccc1Sc1cccc(C(F)(F)F)c1. The van der Waals surface area contributed by atoms with Crippen LogP contribution in [0.25, 0.3) is 0 Å². The molecule has 2 rings (SSSR count). The zero-order chi connectivity index (χ0) is 16.3. The molecule has 0 aromatic heterocycles. The zero-order valence-corrected chi connectivity index (χ0v) is 12.6. The van der Waals surface area contributed by atoms with Crippen molar-refractivity contribution in [1.82, 2.24) is 0 Å². The molecule has 0 spiro atoms. The molecule has 0 bridgehead atoms. The predicted molar refractivity (Wildman–Crippen MR) is 78.4 cm³/mol. The van der Waals surface area contributed by atoms with Crippen molar-refractivity contribution >= 4 is 29.3 Å². The van der Waals surface area contributed by atoms with Crippen LogP contribution in [-0.2, 0) is 17.4 Å². The number of hydrogen-bond acceptors (Lipinski definition) is 2. The van der Waals surface area contributed by atoms with E-state index < -0.39 is 17.7 Å². The van der Waals surface area contributed by atoms with Crippen molar-refractivity contribution in [3.63, 3.8) is 0 Å². The Morgan fingerprint density at radius 2 is 1.86 bits per heavy atom. The van der Waals surface area contributed by atoms with Gasteiger partial charge in [-0.25, -0.2) is 0 Å². The molecule has 116 valence electrons. The van der Waals surface area contributed by atoms with Crippen LogP contribution >= 0.6 is 23.4 Å². The largest absolute Gasteiger partial charge is 0.481 e. The first-order chi connectivity index (χ1) is 10.3. The Bertz CT molecular complexity index is 701. The summed E-state index contributed by atoms with van der Waals surface area (Å²) in [5.41, 5.74) is -0.363. The van der Waals surface area contributed by atoms with Gasteiger partial charge in [-0.3, -0.25) is 4.79 Å². The summed E-state index contributed by atoms with van der Waals surface area (Å²) in [6.45, 7) is 0. The highest BCUT2D eigenvalue weighted by Gasteiger charge is 2.30. The molecular weight excluding hydrogens is 337 g/mol. The number of hydrogen-bond donors (Lipinski definition) is 1. The zero-order valence-electron chi connectivity index (χ0n) is 11.0. The van der Waals surface area contributed by atoms with Crippen LogP contribution in [0.1, 0.15) is 11.1 Å². The van der Waals surface area contributed by atoms with Crippen LogP contribution in [-0.4, -0.2) is 11.1 Å². The van der Waals surface area contributed by atoms with Gasteiger partial charge < -0.3 is 5.11 Å². The summed E-state index contributed by atoms with van der Waals surface area (Å²) in [6, 6.07) is 9.67. The van der Waals surface area contributed by atoms with Crippen molar-refractivity contribution in [1.29, 1.82) is 0 Å². The Labute approximate surface area is 133 Å². The summed E-state index contributed by atoms with van der Waals surface area (Å²) in [5.74, 6) is -1.06. The van der Waals surface area contributed by atoms with Gasteiger partial charge in [0.1, 0.15) is 0 Å². The maximum atomic E-state index is 12.7. The van der Waals surface area contributed by atoms with Crippen LogP contribution in [0.5, 0.6) is 0 Å². The maximum absolute atomic E-state index is 12.7. The molecule has 22 heavy (non-hydrogen) atoms. The molecule has 2 aromatic rings. The summed E-state index contributed by atoms with van der Waals surface area (Å²) >= 11 is 7.04. The van der Waals surface area contributed by atoms with E-state index in [1.807, 2.05) is 0 Å². The lowest BCUT2D eigenvalue weighted by atomic mass is 10.1. The molecule has 0 atom stereocenters. The number of rotatable bonds is 4. The molecule has 0 heterocycles. The molecule has 0 fully saturated rings. The second-order valence-corrected chi connectivity index (χ2v) is 5.94. The summed E-state index contributed by atoms with van der Waals surface area (Å²) < 4.78 is 38.1. The first-order valence-electron chi connectivity index (χ1n) is 6.11. The van der Waals surface area contributed by atoms with Gasteiger partial charge >= 0.3 is 12.1 Å². The van der Waals surface area contributed by atoms with Gasteiger partial charge in [-0.2, -0.15) is 13.2 Å². The molecule has 2 nitrogen and oxygen atoms in total. The number of halogens is 4. The van der Waals surface area contributed by atoms with Gasteiger partial charge in [0.15, 0.2) is 0 Å². The van der Waals surface area contributed by atoms with Gasteiger partial charge in [0, 0.05) is 14.8 Å². The predicted octanol–water partition coefficient (Wildman–Crippen LogP) is 5.14. The van der Waals surface area contributed by atoms with Gasteiger partial charge in [-0.1, -0.05) is 35.5 Å². The molecular formula is C15H10ClF3O2S. The maximum Gasteiger partial charge on any atom is 0.416 e. The Balaban J connectivity index is 2.35. The fourth-order valence-electron chi connectivity index (χ4n) is 1.82. The Morgan fingerprint density at radius 1 is 1.18 bits per heavy atom. The van der Waals surface area contributed by atoms with E-state index in [0.29, 0.717) is 15.4 Å². The smallest absolute Gasteiger partial charge is 0.416 e. The van der Waals surface area contributed by atoms with E-state index in [9.17, 15) is 18.0 Å². The van der Waals surface area contributed by atoms with Crippen LogP contribution in [0.15, 0.2) is 52.3 Å². The summed E-state index contributed by atoms with van der Waals surface area (Å²) in [7, 11) is 0. The molecule has 0 aliphatic heterocycles. The van der Waals surface area contributed by atoms with E-state index in [-0.39, 0.29) is 11.4 Å².